The molecule has 0 aromatic rings. The highest BCUT2D eigenvalue weighted by Crippen LogP contribution is 2.24. The molecule has 16 saturated heterocycles. The van der Waals surface area contributed by atoms with Gasteiger partial charge in [-0.05, 0) is 343 Å². The van der Waals surface area contributed by atoms with Gasteiger partial charge in [0.15, 0.2) is 0 Å². The van der Waals surface area contributed by atoms with Gasteiger partial charge in [-0.2, -0.15) is 0 Å². The monoisotopic (exact) mass is 1810 g/mol. The lowest BCUT2D eigenvalue weighted by molar-refractivity contribution is -0.131. The summed E-state index contributed by atoms with van der Waals surface area (Å²) in [5.74, 6) is 5.38. The van der Waals surface area contributed by atoms with Crippen LogP contribution in [0.4, 0.5) is 0 Å². The minimum Gasteiger partial charge on any atom is -0.378 e. The van der Waals surface area contributed by atoms with E-state index in [0.29, 0.717) is 35.9 Å². The Labute approximate surface area is 788 Å². The Balaban J connectivity index is 0.000000678. The third kappa shape index (κ3) is 71.9. The van der Waals surface area contributed by atoms with E-state index in [2.05, 4.69) is 210 Å². The van der Waals surface area contributed by atoms with Crippen molar-refractivity contribution in [1.29, 1.82) is 0 Å². The Morgan fingerprint density at radius 3 is 1.11 bits per heavy atom. The largest absolute Gasteiger partial charge is 0.378 e. The second-order valence-electron chi connectivity index (χ2n) is 40.1. The van der Waals surface area contributed by atoms with Crippen molar-refractivity contribution in [2.75, 3.05) is 316 Å². The zero-order valence-corrected chi connectivity index (χ0v) is 87.8. The van der Waals surface area contributed by atoms with Gasteiger partial charge >= 0.3 is 0 Å². The molecule has 0 radical (unpaired) electrons. The summed E-state index contributed by atoms with van der Waals surface area (Å²) in [6.07, 6.45) is 43.5. The van der Waals surface area contributed by atoms with Crippen LogP contribution in [0.5, 0.6) is 0 Å². The molecule has 0 spiro atoms. The van der Waals surface area contributed by atoms with Gasteiger partial charge in [-0.25, -0.2) is 0 Å². The second kappa shape index (κ2) is 77.9. The van der Waals surface area contributed by atoms with Crippen LogP contribution in [0.2, 0.25) is 0 Å². The van der Waals surface area contributed by atoms with E-state index in [1.807, 2.05) is 42.3 Å². The van der Waals surface area contributed by atoms with Crippen molar-refractivity contribution in [3.05, 3.63) is 48.9 Å². The van der Waals surface area contributed by atoms with Gasteiger partial charge < -0.3 is 68.3 Å². The summed E-state index contributed by atoms with van der Waals surface area (Å²) in [5.41, 5.74) is 5.37. The standard InChI is InChI=1S/2C9H19N.C8H15N.2C7H13NO.C7H13N.C7H15N.2C6H11NO.2C6H11N.C6H13N.C5H12N2O.C5H11NO.C5H11N.C3H7NOS/c1-8(2)9-5-4-6-10(3)7-9;1-3-9-6-4-5-7-10(2)8-9;1-8-6-4-3-5-7-9(8)2;1-8-5-2-3-7(9)4-6-8;1-8-5-3-2-4-7(9)6-8;1-7-4-3-5-8(2)6-7;1-8-6-4-2-3-5-7-8;1-7-4-2-6(8)3-5-7;1-7-5-3-2-4-6(7)8;1-6-3-4-7(2)5-6;1-6-4-3-5-7(6)2;1-7-5-3-2-4-6-7;1-6-3-7(2)5-8-4-6;1-5-3-6(2)4-7-5;1-6-4-2-3-5-6;1-4-2-5-6-3-4/h8-9H,4-7H2,1-3H3;9H,3-8H2,1-2H3;1,3-7H2,2H3;2*2-6H2,1H3;1,3-6H2,2H3;2-7H2,1H3;2*2-5H2,1H3;2*1,3-5H2,2H3;2-6H2,1H3;3-5H2,1-2H3;5H,3-4H2,1-2H3;2-5H2,1H3;2-3H2,1H3. The van der Waals surface area contributed by atoms with Gasteiger partial charge in [0.1, 0.15) is 37.5 Å². The number of piperidine rings is 5. The zero-order chi connectivity index (χ0) is 94.5. The molecule has 127 heavy (non-hydrogen) atoms. The number of ketones is 3. The van der Waals surface area contributed by atoms with E-state index < -0.39 is 0 Å². The lowest BCUT2D eigenvalue weighted by atomic mass is 9.88. The summed E-state index contributed by atoms with van der Waals surface area (Å²) in [5, 5.41) is 0. The summed E-state index contributed by atoms with van der Waals surface area (Å²) in [4.78, 5) is 80.9. The van der Waals surface area contributed by atoms with Crippen molar-refractivity contribution in [3.8, 4) is 0 Å². The van der Waals surface area contributed by atoms with Crippen molar-refractivity contribution in [3.63, 3.8) is 0 Å². The first-order valence-corrected chi connectivity index (χ1v) is 51.4. The highest BCUT2D eigenvalue weighted by molar-refractivity contribution is 7.94. The average Bonchev–Trinajstić information content (AvgIpc) is 1.67. The van der Waals surface area contributed by atoms with Gasteiger partial charge in [-0.1, -0.05) is 96.8 Å². The molecular formula is C102H205N17O7S. The molecule has 24 nitrogen and oxygen atoms in total. The summed E-state index contributed by atoms with van der Waals surface area (Å²) >= 11 is 1.51. The average molecular weight is 1810 g/mol. The molecule has 3 atom stereocenters. The predicted molar refractivity (Wildman–Crippen MR) is 544 cm³/mol. The van der Waals surface area contributed by atoms with E-state index in [1.165, 1.54) is 293 Å². The fraction of sp³-hybridized carbons (Fsp3) is 0.882. The fourth-order valence-electron chi connectivity index (χ4n) is 16.8. The maximum absolute atomic E-state index is 10.9. The molecule has 16 fully saturated rings. The van der Waals surface area contributed by atoms with E-state index >= 15 is 0 Å². The van der Waals surface area contributed by atoms with E-state index in [-0.39, 0.29) is 0 Å². The van der Waals surface area contributed by atoms with Crippen LogP contribution in [0.3, 0.4) is 0 Å². The predicted octanol–water partition coefficient (Wildman–Crippen LogP) is 15.6. The van der Waals surface area contributed by atoms with Crippen molar-refractivity contribution in [2.24, 2.45) is 17.8 Å². The number of likely N-dealkylation sites (tertiary alicyclic amines) is 13. The molecule has 0 N–H and O–H groups in total. The Hall–Kier alpha value is -3.29. The molecule has 1 amide bonds. The Morgan fingerprint density at radius 2 is 0.709 bits per heavy atom. The zero-order valence-electron chi connectivity index (χ0n) is 87.0. The number of hydrogen-bond acceptors (Lipinski definition) is 24. The van der Waals surface area contributed by atoms with E-state index in [9.17, 15) is 19.2 Å². The molecule has 16 aliphatic rings. The molecule has 0 aromatic carbocycles. The third-order valence-corrected chi connectivity index (χ3v) is 26.6. The SMILES string of the molecule is C=C1CCCCCN1C.C=C1CCCN(C)C1.C=C1CCCN1C.C=C1CCN(C)C1.CC(C)C1CCCN(C)C1.CC1CN(C)CO1.CCC1CCCCN(C)C1.CN1CCC(=O)CC1.CN1CCCC(=O)CC1.CN1CCCC1.CN1CCCCC(=O)C1.CN1CCCCC1.CN1CCCCC1=O.CN1CCCCCC1.CN1COCN(C)C1.CN1COSC1. The molecule has 3 unspecified atom stereocenters. The third-order valence-electron chi connectivity index (χ3n) is 25.7. The number of ether oxygens (including phenoxy) is 2. The lowest BCUT2D eigenvalue weighted by Crippen LogP contribution is -2.41. The molecule has 0 saturated carbocycles. The molecule has 16 rings (SSSR count). The van der Waals surface area contributed by atoms with Crippen LogP contribution in [0.1, 0.15) is 252 Å². The van der Waals surface area contributed by atoms with E-state index in [4.69, 9.17) is 13.7 Å². The Bertz CT molecular complexity index is 2710. The van der Waals surface area contributed by atoms with Gasteiger partial charge in [0.25, 0.3) is 0 Å². The maximum Gasteiger partial charge on any atom is 0.222 e. The van der Waals surface area contributed by atoms with Crippen LogP contribution < -0.4 is 0 Å². The van der Waals surface area contributed by atoms with Crippen molar-refractivity contribution >= 4 is 35.3 Å². The van der Waals surface area contributed by atoms with Crippen LogP contribution in [-0.4, -0.2) is 429 Å². The molecule has 0 aromatic heterocycles. The van der Waals surface area contributed by atoms with Crippen LogP contribution >= 0.6 is 12.0 Å². The van der Waals surface area contributed by atoms with Crippen molar-refractivity contribution in [2.45, 2.75) is 259 Å². The molecular weight excluding hydrogens is 1610 g/mol. The van der Waals surface area contributed by atoms with Gasteiger partial charge in [-0.15, -0.1) is 0 Å². The first kappa shape index (κ1) is 122. The number of carbonyl (C=O) groups excluding carboxylic acids is 4. The molecule has 746 valence electrons. The summed E-state index contributed by atoms with van der Waals surface area (Å²) in [6, 6.07) is 0. The quantitative estimate of drug-likeness (QED) is 0.190. The Morgan fingerprint density at radius 1 is 0.323 bits per heavy atom. The Kier molecular flexibility index (Phi) is 74.7. The number of allylic oxidation sites excluding steroid dienone is 2. The van der Waals surface area contributed by atoms with E-state index in [0.717, 1.165) is 174 Å². The van der Waals surface area contributed by atoms with Crippen LogP contribution in [-0.2, 0) is 32.8 Å². The van der Waals surface area contributed by atoms with Crippen LogP contribution in [0, 0.1) is 17.8 Å². The summed E-state index contributed by atoms with van der Waals surface area (Å²) in [7, 11) is 35.7. The number of nitrogens with zero attached hydrogens (tertiary/aromatic N) is 17. The summed E-state index contributed by atoms with van der Waals surface area (Å²) < 4.78 is 15.2. The first-order chi connectivity index (χ1) is 60.5. The van der Waals surface area contributed by atoms with Gasteiger partial charge in [0, 0.05) is 162 Å². The molecule has 16 aliphatic heterocycles. The minimum absolute atomic E-state index is 0.302. The topological polar surface area (TPSA) is 151 Å². The number of rotatable bonds is 2. The maximum atomic E-state index is 10.9. The number of likely N-dealkylation sites (N-methyl/N-ethyl adjacent to an activating group) is 4. The number of amides is 1. The second-order valence-corrected chi connectivity index (χ2v) is 40.8. The normalized spacial score (nSPS) is 25.4. The highest BCUT2D eigenvalue weighted by atomic mass is 32.2. The van der Waals surface area contributed by atoms with Crippen LogP contribution in [0.15, 0.2) is 48.9 Å². The number of Topliss-reactive ketones (excluding diaryl/α,β-unsaturated/α-hetero) is 3. The number of carbonyl (C=O) groups is 4. The van der Waals surface area contributed by atoms with Gasteiger partial charge in [-0.3, -0.25) is 47.9 Å². The first-order valence-electron chi connectivity index (χ1n) is 50.5. The smallest absolute Gasteiger partial charge is 0.222 e. The lowest BCUT2D eigenvalue weighted by Gasteiger charge is -2.31. The van der Waals surface area contributed by atoms with Crippen molar-refractivity contribution < 1.29 is 32.8 Å². The molecule has 0 bridgehead atoms. The molecule has 25 heteroatoms. The van der Waals surface area contributed by atoms with Gasteiger partial charge in [0.05, 0.1) is 31.9 Å². The van der Waals surface area contributed by atoms with Gasteiger partial charge in [0.2, 0.25) is 5.91 Å². The summed E-state index contributed by atoms with van der Waals surface area (Å²) in [6.45, 7) is 56.9. The van der Waals surface area contributed by atoms with Crippen molar-refractivity contribution in [1.82, 2.24) is 83.3 Å². The number of hydrogen-bond donors (Lipinski definition) is 0. The molecule has 0 aliphatic carbocycles. The van der Waals surface area contributed by atoms with E-state index in [1.54, 1.807) is 4.90 Å². The molecule has 16 heterocycles. The highest BCUT2D eigenvalue weighted by Gasteiger charge is 2.22. The fourth-order valence-corrected chi connectivity index (χ4v) is 17.4. The van der Waals surface area contributed by atoms with Crippen LogP contribution in [0.25, 0.3) is 0 Å². The minimum atomic E-state index is 0.302.